The Morgan fingerprint density at radius 1 is 1.43 bits per heavy atom. The SMILES string of the molecule is [CH2-]n1c(=O)ccc2ncc(F)cc21.[Y]. The van der Waals surface area contributed by atoms with Crippen LogP contribution in [-0.4, -0.2) is 9.55 Å². The van der Waals surface area contributed by atoms with Gasteiger partial charge in [-0.25, -0.2) is 4.39 Å². The van der Waals surface area contributed by atoms with Gasteiger partial charge in [-0.05, 0) is 5.52 Å². The molecule has 0 atom stereocenters. The van der Waals surface area contributed by atoms with E-state index in [0.717, 1.165) is 10.8 Å². The zero-order chi connectivity index (χ0) is 9.42. The van der Waals surface area contributed by atoms with Crippen molar-refractivity contribution in [2.75, 3.05) is 0 Å². The summed E-state index contributed by atoms with van der Waals surface area (Å²) in [5, 5.41) is 0. The average molecular weight is 266 g/mol. The van der Waals surface area contributed by atoms with Crippen molar-refractivity contribution >= 4 is 11.0 Å². The zero-order valence-electron chi connectivity index (χ0n) is 7.27. The van der Waals surface area contributed by atoms with Gasteiger partial charge < -0.3 is 9.36 Å². The Labute approximate surface area is 105 Å². The van der Waals surface area contributed by atoms with E-state index < -0.39 is 5.82 Å². The third-order valence-electron chi connectivity index (χ3n) is 1.80. The maximum Gasteiger partial charge on any atom is 0.141 e. The maximum absolute atomic E-state index is 12.7. The Kier molecular flexibility index (Phi) is 3.40. The van der Waals surface area contributed by atoms with Crippen LogP contribution in [0.1, 0.15) is 0 Å². The van der Waals surface area contributed by atoms with E-state index in [9.17, 15) is 9.18 Å². The molecule has 3 nitrogen and oxygen atoms in total. The normalized spacial score (nSPS) is 9.79. The van der Waals surface area contributed by atoms with Crippen LogP contribution in [0.2, 0.25) is 0 Å². The molecule has 0 amide bonds. The minimum absolute atomic E-state index is 0. The Morgan fingerprint density at radius 3 is 2.86 bits per heavy atom. The van der Waals surface area contributed by atoms with Crippen LogP contribution < -0.4 is 5.56 Å². The first-order valence-electron chi connectivity index (χ1n) is 3.67. The van der Waals surface area contributed by atoms with E-state index in [2.05, 4.69) is 12.0 Å². The fraction of sp³-hybridized carbons (Fsp3) is 0. The Bertz CT molecular complexity index is 524. The van der Waals surface area contributed by atoms with Crippen molar-refractivity contribution in [1.29, 1.82) is 0 Å². The summed E-state index contributed by atoms with van der Waals surface area (Å²) in [5.41, 5.74) is 0.670. The van der Waals surface area contributed by atoms with E-state index >= 15 is 0 Å². The van der Waals surface area contributed by atoms with Crippen LogP contribution in [-0.2, 0) is 32.7 Å². The van der Waals surface area contributed by atoms with Gasteiger partial charge in [-0.3, -0.25) is 4.98 Å². The topological polar surface area (TPSA) is 34.9 Å². The summed E-state index contributed by atoms with van der Waals surface area (Å²) >= 11 is 0. The molecule has 0 aliphatic heterocycles. The summed E-state index contributed by atoms with van der Waals surface area (Å²) in [6, 6.07) is 4.12. The molecule has 2 rings (SSSR count). The van der Waals surface area contributed by atoms with Gasteiger partial charge in [-0.15, -0.1) is 7.05 Å². The van der Waals surface area contributed by atoms with E-state index in [4.69, 9.17) is 0 Å². The summed E-state index contributed by atoms with van der Waals surface area (Å²) < 4.78 is 13.9. The molecule has 0 fully saturated rings. The quantitative estimate of drug-likeness (QED) is 0.671. The number of halogens is 1. The number of pyridine rings is 2. The molecule has 0 aliphatic rings. The monoisotopic (exact) mass is 266 g/mol. The predicted octanol–water partition coefficient (Wildman–Crippen LogP) is 1.17. The summed E-state index contributed by atoms with van der Waals surface area (Å²) in [7, 11) is 3.49. The Hall–Kier alpha value is -0.736. The second-order valence-electron chi connectivity index (χ2n) is 2.66. The Balaban J connectivity index is 0.000000980. The summed E-state index contributed by atoms with van der Waals surface area (Å²) in [6.45, 7) is 0. The summed E-state index contributed by atoms with van der Waals surface area (Å²) in [6.07, 6.45) is 1.10. The molecule has 2 aromatic rings. The molecular formula is C9H6FN2OY-. The largest absolute Gasteiger partial charge is 0.448 e. The average Bonchev–Trinajstić information content (AvgIpc) is 2.12. The van der Waals surface area contributed by atoms with Crippen molar-refractivity contribution < 1.29 is 37.1 Å². The number of aromatic nitrogens is 2. The van der Waals surface area contributed by atoms with Gasteiger partial charge >= 0.3 is 0 Å². The first kappa shape index (κ1) is 11.3. The summed E-state index contributed by atoms with van der Waals surface area (Å²) in [4.78, 5) is 14.9. The first-order chi connectivity index (χ1) is 6.18. The van der Waals surface area contributed by atoms with Gasteiger partial charge in [0.15, 0.2) is 0 Å². The minimum atomic E-state index is -0.476. The van der Waals surface area contributed by atoms with Crippen molar-refractivity contribution in [3.63, 3.8) is 0 Å². The van der Waals surface area contributed by atoms with Gasteiger partial charge in [0.25, 0.3) is 0 Å². The smallest absolute Gasteiger partial charge is 0.141 e. The number of nitrogens with zero attached hydrogens (tertiary/aromatic N) is 2. The molecule has 0 unspecified atom stereocenters. The maximum atomic E-state index is 12.7. The van der Waals surface area contributed by atoms with E-state index in [-0.39, 0.29) is 38.3 Å². The van der Waals surface area contributed by atoms with Crippen LogP contribution in [0.25, 0.3) is 11.0 Å². The predicted molar refractivity (Wildman–Crippen MR) is 46.7 cm³/mol. The molecule has 5 heteroatoms. The van der Waals surface area contributed by atoms with Gasteiger partial charge in [-0.1, -0.05) is 18.2 Å². The molecule has 0 bridgehead atoms. The molecule has 0 saturated carbocycles. The minimum Gasteiger partial charge on any atom is -0.448 e. The van der Waals surface area contributed by atoms with Crippen molar-refractivity contribution in [3.8, 4) is 0 Å². The number of fused-ring (bicyclic) bond motifs is 1. The molecule has 1 radical (unpaired) electrons. The van der Waals surface area contributed by atoms with E-state index in [1.807, 2.05) is 0 Å². The second kappa shape index (κ2) is 4.19. The third kappa shape index (κ3) is 1.86. The van der Waals surface area contributed by atoms with E-state index in [1.54, 1.807) is 6.07 Å². The number of hydrogen-bond donors (Lipinski definition) is 0. The molecular weight excluding hydrogens is 260 g/mol. The molecule has 0 aliphatic carbocycles. The van der Waals surface area contributed by atoms with Gasteiger partial charge in [0.2, 0.25) is 0 Å². The van der Waals surface area contributed by atoms with Crippen molar-refractivity contribution in [3.05, 3.63) is 47.6 Å². The van der Waals surface area contributed by atoms with Crippen LogP contribution >= 0.6 is 0 Å². The van der Waals surface area contributed by atoms with Gasteiger partial charge in [0, 0.05) is 38.2 Å². The van der Waals surface area contributed by atoms with Crippen molar-refractivity contribution in [2.24, 2.45) is 0 Å². The van der Waals surface area contributed by atoms with Crippen LogP contribution in [0.15, 0.2) is 29.2 Å². The van der Waals surface area contributed by atoms with E-state index in [1.165, 1.54) is 12.1 Å². The molecule has 0 spiro atoms. The van der Waals surface area contributed by atoms with Crippen molar-refractivity contribution in [2.45, 2.75) is 0 Å². The van der Waals surface area contributed by atoms with Gasteiger partial charge in [0.1, 0.15) is 11.4 Å². The van der Waals surface area contributed by atoms with Crippen LogP contribution in [0.4, 0.5) is 4.39 Å². The number of rotatable bonds is 0. The number of hydrogen-bond acceptors (Lipinski definition) is 2. The molecule has 2 heterocycles. The van der Waals surface area contributed by atoms with E-state index in [0.29, 0.717) is 11.0 Å². The standard InChI is InChI=1S/C9H6FN2O.Y/c1-12-8-4-6(10)5-11-7(8)2-3-9(12)13;/h2-5H,1H2;/q-1;. The van der Waals surface area contributed by atoms with Gasteiger partial charge in [0.05, 0.1) is 6.20 Å². The molecule has 0 N–H and O–H groups in total. The van der Waals surface area contributed by atoms with Gasteiger partial charge in [-0.2, -0.15) is 0 Å². The zero-order valence-corrected chi connectivity index (χ0v) is 10.1. The molecule has 14 heavy (non-hydrogen) atoms. The summed E-state index contributed by atoms with van der Waals surface area (Å²) in [5.74, 6) is -0.476. The fourth-order valence-electron chi connectivity index (χ4n) is 1.14. The molecule has 0 saturated heterocycles. The van der Waals surface area contributed by atoms with Crippen LogP contribution in [0.5, 0.6) is 0 Å². The molecule has 0 aromatic carbocycles. The Morgan fingerprint density at radius 2 is 2.14 bits per heavy atom. The first-order valence-corrected chi connectivity index (χ1v) is 3.67. The molecule has 2 aromatic heterocycles. The third-order valence-corrected chi connectivity index (χ3v) is 1.80. The van der Waals surface area contributed by atoms with Crippen LogP contribution in [0.3, 0.4) is 0 Å². The molecule has 69 valence electrons. The fourth-order valence-corrected chi connectivity index (χ4v) is 1.14. The van der Waals surface area contributed by atoms with Crippen LogP contribution in [0, 0.1) is 12.9 Å². The van der Waals surface area contributed by atoms with Crippen molar-refractivity contribution in [1.82, 2.24) is 9.55 Å². The second-order valence-corrected chi connectivity index (χ2v) is 2.66.